The maximum Gasteiger partial charge on any atom is 0.159 e. The van der Waals surface area contributed by atoms with Crippen molar-refractivity contribution in [2.24, 2.45) is 9.98 Å². The molecule has 1 N–H and O–H groups in total. The first kappa shape index (κ1) is 35.8. The summed E-state index contributed by atoms with van der Waals surface area (Å²) in [6.45, 7) is 0. The van der Waals surface area contributed by atoms with Crippen molar-refractivity contribution >= 4 is 98.8 Å². The lowest BCUT2D eigenvalue weighted by Crippen LogP contribution is -2.33. The number of aromatic nitrogens is 2. The van der Waals surface area contributed by atoms with Gasteiger partial charge in [0, 0.05) is 60.4 Å². The first-order chi connectivity index (χ1) is 32.2. The molecule has 1 aliphatic heterocycles. The van der Waals surface area contributed by atoms with Crippen LogP contribution in [0.1, 0.15) is 22.9 Å². The maximum atomic E-state index is 6.72. The molecule has 13 aromatic rings. The van der Waals surface area contributed by atoms with Crippen molar-refractivity contribution in [3.8, 4) is 11.4 Å². The molecule has 1 atom stereocenters. The number of benzene rings is 10. The summed E-state index contributed by atoms with van der Waals surface area (Å²) in [5, 5.41) is 15.4. The van der Waals surface area contributed by atoms with E-state index in [9.17, 15) is 0 Å². The van der Waals surface area contributed by atoms with Gasteiger partial charge in [-0.25, -0.2) is 9.98 Å². The monoisotopic (exact) mass is 831 g/mol. The van der Waals surface area contributed by atoms with Crippen LogP contribution in [0.4, 0.5) is 0 Å². The molecule has 0 amide bonds. The second kappa shape index (κ2) is 13.9. The molecule has 6 heteroatoms. The number of hydrogen-bond acceptors (Lipinski definition) is 4. The van der Waals surface area contributed by atoms with Crippen LogP contribution >= 0.6 is 0 Å². The van der Waals surface area contributed by atoms with Crippen molar-refractivity contribution in [1.29, 1.82) is 0 Å². The van der Waals surface area contributed by atoms with Crippen LogP contribution in [0.2, 0.25) is 0 Å². The van der Waals surface area contributed by atoms with Gasteiger partial charge in [0.2, 0.25) is 0 Å². The van der Waals surface area contributed by atoms with Crippen LogP contribution in [0.5, 0.6) is 0 Å². The Labute approximate surface area is 372 Å². The zero-order valence-electron chi connectivity index (χ0n) is 35.0. The second-order valence-corrected chi connectivity index (χ2v) is 17.0. The molecular formula is C59H37N5O. The summed E-state index contributed by atoms with van der Waals surface area (Å²) in [4.78, 5) is 10.4. The van der Waals surface area contributed by atoms with Crippen LogP contribution in [0, 0.1) is 0 Å². The van der Waals surface area contributed by atoms with Gasteiger partial charge in [0.1, 0.15) is 23.2 Å². The maximum absolute atomic E-state index is 6.72. The van der Waals surface area contributed by atoms with Crippen LogP contribution in [-0.4, -0.2) is 20.8 Å². The zero-order chi connectivity index (χ0) is 42.6. The SMILES string of the molecule is c1ccc(-n2c3ccccc3c3ccc4c5ccccc5n(-c5ccc6oc7cc(C8N=C(c9ccc%10ccccc%10c9)N=C(c9ccc%10ccccc%10c9)N8)ccc7c6c5)c4c32)cc1. The molecule has 6 nitrogen and oxygen atoms in total. The summed E-state index contributed by atoms with van der Waals surface area (Å²) in [5.74, 6) is 1.46. The minimum atomic E-state index is -0.403. The van der Waals surface area contributed by atoms with Crippen LogP contribution in [-0.2, 0) is 0 Å². The average Bonchev–Trinajstić information content (AvgIpc) is 4.03. The standard InChI is InChI=1S/C59H37N5O/c1-2-16-43(17-3-1)63-51-20-10-8-18-45(51)48-29-30-49-46-19-9-11-21-52(46)64(56(49)55(48)63)44-27-31-53-50(35-44)47-28-26-42(34-54(47)65-53)59-61-57(40-24-22-36-12-4-6-14-38(36)32-40)60-58(62-59)41-25-23-37-13-5-7-15-39(37)33-41/h1-35,59H,(H,60,61,62). The highest BCUT2D eigenvalue weighted by Crippen LogP contribution is 2.43. The van der Waals surface area contributed by atoms with E-state index in [1.165, 1.54) is 48.9 Å². The summed E-state index contributed by atoms with van der Waals surface area (Å²) >= 11 is 0. The van der Waals surface area contributed by atoms with Gasteiger partial charge in [-0.15, -0.1) is 0 Å². The minimum absolute atomic E-state index is 0.403. The molecule has 1 unspecified atom stereocenters. The molecule has 304 valence electrons. The number of rotatable bonds is 5. The molecule has 0 saturated heterocycles. The van der Waals surface area contributed by atoms with Crippen LogP contribution in [0.15, 0.2) is 227 Å². The Morgan fingerprint density at radius 3 is 1.69 bits per heavy atom. The number of fused-ring (bicyclic) bond motifs is 12. The number of aliphatic imine (C=N–C) groups is 2. The molecule has 65 heavy (non-hydrogen) atoms. The first-order valence-electron chi connectivity index (χ1n) is 22.1. The van der Waals surface area contributed by atoms with Gasteiger partial charge in [-0.1, -0.05) is 152 Å². The quantitative estimate of drug-likeness (QED) is 0.188. The molecule has 0 saturated carbocycles. The van der Waals surface area contributed by atoms with Crippen molar-refractivity contribution in [2.75, 3.05) is 0 Å². The fourth-order valence-electron chi connectivity index (χ4n) is 10.3. The number of furan rings is 1. The number of nitrogens with zero attached hydrogens (tertiary/aromatic N) is 4. The third-order valence-electron chi connectivity index (χ3n) is 13.3. The Kier molecular flexibility index (Phi) is 7.65. The molecule has 0 spiro atoms. The smallest absolute Gasteiger partial charge is 0.159 e. The largest absolute Gasteiger partial charge is 0.456 e. The Balaban J connectivity index is 0.927. The highest BCUT2D eigenvalue weighted by atomic mass is 16.3. The van der Waals surface area contributed by atoms with Gasteiger partial charge in [-0.2, -0.15) is 0 Å². The molecule has 14 rings (SSSR count). The summed E-state index contributed by atoms with van der Waals surface area (Å²) in [6, 6.07) is 75.7. The zero-order valence-corrected chi connectivity index (χ0v) is 35.0. The number of nitrogens with one attached hydrogen (secondary N) is 1. The highest BCUT2D eigenvalue weighted by Gasteiger charge is 2.24. The van der Waals surface area contributed by atoms with E-state index in [4.69, 9.17) is 14.4 Å². The van der Waals surface area contributed by atoms with E-state index in [2.05, 4.69) is 227 Å². The highest BCUT2D eigenvalue weighted by molar-refractivity contribution is 6.24. The van der Waals surface area contributed by atoms with Crippen LogP contribution < -0.4 is 5.32 Å². The third-order valence-corrected chi connectivity index (χ3v) is 13.3. The van der Waals surface area contributed by atoms with Gasteiger partial charge in [0.05, 0.1) is 22.1 Å². The number of para-hydroxylation sites is 3. The molecule has 10 aromatic carbocycles. The van der Waals surface area contributed by atoms with E-state index < -0.39 is 6.17 Å². The van der Waals surface area contributed by atoms with Crippen molar-refractivity contribution < 1.29 is 4.42 Å². The van der Waals surface area contributed by atoms with Crippen molar-refractivity contribution in [3.63, 3.8) is 0 Å². The van der Waals surface area contributed by atoms with Gasteiger partial charge in [-0.3, -0.25) is 0 Å². The summed E-state index contributed by atoms with van der Waals surface area (Å²) in [5.41, 5.74) is 11.5. The molecule has 4 heterocycles. The Morgan fingerprint density at radius 1 is 0.400 bits per heavy atom. The predicted molar refractivity (Wildman–Crippen MR) is 269 cm³/mol. The van der Waals surface area contributed by atoms with Gasteiger partial charge in [-0.05, 0) is 82.2 Å². The fraction of sp³-hybridized carbons (Fsp3) is 0.0169. The third kappa shape index (κ3) is 5.54. The normalized spacial score (nSPS) is 14.3. The first-order valence-corrected chi connectivity index (χ1v) is 22.1. The molecule has 0 aliphatic carbocycles. The van der Waals surface area contributed by atoms with Crippen molar-refractivity contribution in [1.82, 2.24) is 14.5 Å². The fourth-order valence-corrected chi connectivity index (χ4v) is 10.3. The molecular weight excluding hydrogens is 795 g/mol. The lowest BCUT2D eigenvalue weighted by molar-refractivity contribution is 0.655. The van der Waals surface area contributed by atoms with Gasteiger partial charge in [0.25, 0.3) is 0 Å². The van der Waals surface area contributed by atoms with E-state index in [-0.39, 0.29) is 0 Å². The minimum Gasteiger partial charge on any atom is -0.456 e. The molecule has 1 aliphatic rings. The van der Waals surface area contributed by atoms with Gasteiger partial charge >= 0.3 is 0 Å². The van der Waals surface area contributed by atoms with E-state index in [1.54, 1.807) is 0 Å². The van der Waals surface area contributed by atoms with Crippen molar-refractivity contribution in [2.45, 2.75) is 6.17 Å². The van der Waals surface area contributed by atoms with E-state index >= 15 is 0 Å². The average molecular weight is 832 g/mol. The van der Waals surface area contributed by atoms with Crippen LogP contribution in [0.3, 0.4) is 0 Å². The van der Waals surface area contributed by atoms with E-state index in [0.29, 0.717) is 5.84 Å². The molecule has 3 aromatic heterocycles. The van der Waals surface area contributed by atoms with Crippen LogP contribution in [0.25, 0.3) is 98.5 Å². The number of hydrogen-bond donors (Lipinski definition) is 1. The Bertz CT molecular complexity index is 4170. The van der Waals surface area contributed by atoms with E-state index in [1.807, 2.05) is 0 Å². The van der Waals surface area contributed by atoms with E-state index in [0.717, 1.165) is 72.1 Å². The van der Waals surface area contributed by atoms with Gasteiger partial charge in [0.15, 0.2) is 5.84 Å². The molecule has 0 radical (unpaired) electrons. The summed E-state index contributed by atoms with van der Waals surface area (Å²) in [7, 11) is 0. The second-order valence-electron chi connectivity index (χ2n) is 17.0. The summed E-state index contributed by atoms with van der Waals surface area (Å²) < 4.78 is 11.6. The van der Waals surface area contributed by atoms with Gasteiger partial charge < -0.3 is 18.9 Å². The lowest BCUT2D eigenvalue weighted by Gasteiger charge is -2.24. The Hall–Kier alpha value is -8.74. The molecule has 0 bridgehead atoms. The topological polar surface area (TPSA) is 59.8 Å². The predicted octanol–water partition coefficient (Wildman–Crippen LogP) is 14.6. The summed E-state index contributed by atoms with van der Waals surface area (Å²) in [6.07, 6.45) is -0.403. The lowest BCUT2D eigenvalue weighted by atomic mass is 10.0. The van der Waals surface area contributed by atoms with Crippen molar-refractivity contribution in [3.05, 3.63) is 229 Å². The molecule has 0 fully saturated rings. The number of amidine groups is 2. The Morgan fingerprint density at radius 2 is 0.985 bits per heavy atom.